The van der Waals surface area contributed by atoms with Gasteiger partial charge < -0.3 is 9.67 Å². The number of Topliss-reactive ketones (excluding diaryl/α,β-unsaturated/α-hetero) is 1. The van der Waals surface area contributed by atoms with E-state index in [0.717, 1.165) is 35.0 Å². The molecule has 6 heteroatoms. The van der Waals surface area contributed by atoms with Gasteiger partial charge in [-0.05, 0) is 18.6 Å². The Balaban J connectivity index is 0.00000300. The van der Waals surface area contributed by atoms with E-state index >= 15 is 0 Å². The second kappa shape index (κ2) is 9.63. The molecule has 0 radical (unpaired) electrons. The first-order chi connectivity index (χ1) is 13.3. The Morgan fingerprint density at radius 1 is 1.24 bits per heavy atom. The molecule has 0 saturated heterocycles. The molecule has 0 spiro atoms. The van der Waals surface area contributed by atoms with Crippen molar-refractivity contribution in [3.05, 3.63) is 69.9 Å². The maximum Gasteiger partial charge on any atom is 0.335 e. The first-order valence-corrected chi connectivity index (χ1v) is 9.80. The van der Waals surface area contributed by atoms with Gasteiger partial charge in [-0.15, -0.1) is 5.56 Å². The molecular formula is C23H23ClCrNO3-. The molecule has 1 N–H and O–H groups in total. The first kappa shape index (κ1) is 23.2. The molecule has 0 fully saturated rings. The summed E-state index contributed by atoms with van der Waals surface area (Å²) in [6.45, 7) is 6.31. The van der Waals surface area contributed by atoms with Crippen LogP contribution in [0.2, 0.25) is 5.02 Å². The molecule has 0 saturated carbocycles. The molecule has 4 nitrogen and oxygen atoms in total. The quantitative estimate of drug-likeness (QED) is 0.376. The van der Waals surface area contributed by atoms with Gasteiger partial charge in [0.1, 0.15) is 0 Å². The summed E-state index contributed by atoms with van der Waals surface area (Å²) >= 11 is 6.35. The Bertz CT molecular complexity index is 1060. The predicted molar refractivity (Wildman–Crippen MR) is 111 cm³/mol. The summed E-state index contributed by atoms with van der Waals surface area (Å²) in [4.78, 5) is 24.6. The van der Waals surface area contributed by atoms with Gasteiger partial charge >= 0.3 is 5.97 Å². The van der Waals surface area contributed by atoms with Crippen LogP contribution in [0.25, 0.3) is 10.9 Å². The van der Waals surface area contributed by atoms with Gasteiger partial charge in [0.05, 0.1) is 11.1 Å². The Labute approximate surface area is 186 Å². The first-order valence-electron chi connectivity index (χ1n) is 9.42. The number of aromatic carboxylic acids is 1. The van der Waals surface area contributed by atoms with Crippen molar-refractivity contribution in [1.82, 2.24) is 4.57 Å². The fourth-order valence-corrected chi connectivity index (χ4v) is 3.70. The van der Waals surface area contributed by atoms with Crippen LogP contribution in [0.4, 0.5) is 0 Å². The van der Waals surface area contributed by atoms with E-state index < -0.39 is 5.97 Å². The fourth-order valence-electron chi connectivity index (χ4n) is 3.52. The van der Waals surface area contributed by atoms with Gasteiger partial charge in [0.15, 0.2) is 5.78 Å². The molecule has 0 atom stereocenters. The zero-order valence-electron chi connectivity index (χ0n) is 16.7. The Hall–Kier alpha value is -2.06. The van der Waals surface area contributed by atoms with E-state index in [1.54, 1.807) is 30.3 Å². The van der Waals surface area contributed by atoms with Crippen molar-refractivity contribution in [2.75, 3.05) is 0 Å². The van der Waals surface area contributed by atoms with Gasteiger partial charge in [0.2, 0.25) is 0 Å². The summed E-state index contributed by atoms with van der Waals surface area (Å²) in [5, 5.41) is 10.8. The van der Waals surface area contributed by atoms with Crippen LogP contribution in [-0.2, 0) is 30.3 Å². The van der Waals surface area contributed by atoms with Gasteiger partial charge in [-0.2, -0.15) is 35.9 Å². The van der Waals surface area contributed by atoms with Gasteiger partial charge in [-0.25, -0.2) is 4.79 Å². The van der Waals surface area contributed by atoms with Gasteiger partial charge in [-0.3, -0.25) is 4.79 Å². The van der Waals surface area contributed by atoms with Crippen LogP contribution in [0, 0.1) is 12.0 Å². The average Bonchev–Trinajstić information content (AvgIpc) is 2.95. The van der Waals surface area contributed by atoms with Crippen molar-refractivity contribution >= 4 is 34.3 Å². The molecule has 0 aliphatic rings. The number of benzene rings is 2. The third-order valence-electron chi connectivity index (χ3n) is 4.90. The number of aromatic nitrogens is 1. The number of hydrogen-bond donors (Lipinski definition) is 1. The smallest absolute Gasteiger partial charge is 0.335 e. The number of hydrogen-bond acceptors (Lipinski definition) is 2. The van der Waals surface area contributed by atoms with E-state index in [1.807, 2.05) is 24.5 Å². The van der Waals surface area contributed by atoms with Crippen molar-refractivity contribution in [3.8, 4) is 0 Å². The maximum absolute atomic E-state index is 13.0. The summed E-state index contributed by atoms with van der Waals surface area (Å²) in [5.74, 6) is -1.07. The maximum atomic E-state index is 13.0. The number of rotatable bonds is 7. The molecule has 2 aromatic carbocycles. The third-order valence-corrected chi connectivity index (χ3v) is 5.25. The van der Waals surface area contributed by atoms with E-state index in [9.17, 15) is 14.7 Å². The van der Waals surface area contributed by atoms with Crippen molar-refractivity contribution in [3.63, 3.8) is 0 Å². The van der Waals surface area contributed by atoms with Crippen LogP contribution in [-0.4, -0.2) is 21.4 Å². The number of halogens is 1. The standard InChI is InChI=1S/C23H23ClNO3.Cr/c1-4-7-19-21(22(26)14(2)3)17-11-10-15(23(27)28)12-20(17)25(19)13-16-8-5-6-9-18(16)24;/h5,8-12,14H,4,7,13H2,1-3H3,(H,27,28);/q-1;. The fraction of sp³-hybridized carbons (Fsp3) is 0.304. The summed E-state index contributed by atoms with van der Waals surface area (Å²) in [7, 11) is 0. The van der Waals surface area contributed by atoms with Gasteiger partial charge in [-0.1, -0.05) is 38.3 Å². The second-order valence-electron chi connectivity index (χ2n) is 7.23. The summed E-state index contributed by atoms with van der Waals surface area (Å²) in [5.41, 5.74) is 3.48. The molecule has 1 heterocycles. The molecule has 0 aliphatic heterocycles. The number of nitrogens with zero attached hydrogens (tertiary/aromatic N) is 1. The molecule has 3 rings (SSSR count). The minimum atomic E-state index is -0.990. The number of fused-ring (bicyclic) bond motifs is 1. The largest absolute Gasteiger partial charge is 0.478 e. The molecule has 29 heavy (non-hydrogen) atoms. The van der Waals surface area contributed by atoms with E-state index in [2.05, 4.69) is 13.0 Å². The van der Waals surface area contributed by atoms with Crippen molar-refractivity contribution in [2.24, 2.45) is 5.92 Å². The molecule has 152 valence electrons. The van der Waals surface area contributed by atoms with Crippen molar-refractivity contribution in [1.29, 1.82) is 0 Å². The minimum Gasteiger partial charge on any atom is -0.478 e. The van der Waals surface area contributed by atoms with Crippen molar-refractivity contribution in [2.45, 2.75) is 40.2 Å². The van der Waals surface area contributed by atoms with E-state index in [1.165, 1.54) is 0 Å². The molecule has 0 bridgehead atoms. The Kier molecular flexibility index (Phi) is 7.71. The van der Waals surface area contributed by atoms with Gasteiger partial charge in [0, 0.05) is 46.5 Å². The Morgan fingerprint density at radius 2 is 1.97 bits per heavy atom. The molecular weight excluding hydrogens is 426 g/mol. The van der Waals surface area contributed by atoms with Crippen LogP contribution < -0.4 is 0 Å². The van der Waals surface area contributed by atoms with Gasteiger partial charge in [0.25, 0.3) is 0 Å². The number of carboxylic acid groups (broad SMARTS) is 1. The number of carbonyl (C=O) groups excluding carboxylic acids is 1. The Morgan fingerprint density at radius 3 is 2.55 bits per heavy atom. The summed E-state index contributed by atoms with van der Waals surface area (Å²) in [6, 6.07) is 13.3. The van der Waals surface area contributed by atoms with Crippen molar-refractivity contribution < 1.29 is 32.1 Å². The number of carboxylic acids is 1. The normalized spacial score (nSPS) is 10.9. The zero-order valence-corrected chi connectivity index (χ0v) is 18.7. The monoisotopic (exact) mass is 448 g/mol. The second-order valence-corrected chi connectivity index (χ2v) is 7.64. The molecule has 1 aromatic heterocycles. The van der Waals surface area contributed by atoms with Crippen LogP contribution in [0.1, 0.15) is 59.2 Å². The topological polar surface area (TPSA) is 59.3 Å². The number of carbonyl (C=O) groups is 2. The van der Waals surface area contributed by atoms with Crippen LogP contribution in [0.15, 0.2) is 36.4 Å². The average molecular weight is 449 g/mol. The molecule has 0 amide bonds. The molecule has 3 aromatic rings. The summed E-state index contributed by atoms with van der Waals surface area (Å²) < 4.78 is 2.04. The van der Waals surface area contributed by atoms with Crippen LogP contribution in [0.5, 0.6) is 0 Å². The summed E-state index contributed by atoms with van der Waals surface area (Å²) in [6.07, 6.45) is 1.60. The van der Waals surface area contributed by atoms with Crippen LogP contribution in [0.3, 0.4) is 0 Å². The third kappa shape index (κ3) is 4.59. The minimum absolute atomic E-state index is 0. The molecule has 0 unspecified atom stereocenters. The predicted octanol–water partition coefficient (Wildman–Crippen LogP) is 5.63. The number of ketones is 1. The van der Waals surface area contributed by atoms with E-state index in [4.69, 9.17) is 11.6 Å². The molecule has 0 aliphatic carbocycles. The SMILES string of the molecule is CCCc1c(C(=O)C(C)C)c2ccc(C(=O)O)cc2n1Cc1cc[c-]cc1Cl.[Cr]. The van der Waals surface area contributed by atoms with Crippen LogP contribution >= 0.6 is 11.6 Å². The zero-order chi connectivity index (χ0) is 20.4. The van der Waals surface area contributed by atoms with E-state index in [-0.39, 0.29) is 34.6 Å². The van der Waals surface area contributed by atoms with E-state index in [0.29, 0.717) is 17.1 Å².